The molecule has 6 heteroatoms. The van der Waals surface area contributed by atoms with Gasteiger partial charge < -0.3 is 15.1 Å². The number of nitrogens with zero attached hydrogens (tertiary/aromatic N) is 4. The molecule has 0 atom stereocenters. The van der Waals surface area contributed by atoms with Crippen molar-refractivity contribution in [1.82, 2.24) is 20.2 Å². The van der Waals surface area contributed by atoms with Crippen molar-refractivity contribution in [2.45, 2.75) is 59.4 Å². The van der Waals surface area contributed by atoms with Crippen LogP contribution in [0.4, 0.5) is 10.6 Å². The number of amides is 2. The van der Waals surface area contributed by atoms with Crippen LogP contribution in [0, 0.1) is 12.8 Å². The van der Waals surface area contributed by atoms with Crippen LogP contribution in [-0.2, 0) is 13.0 Å². The summed E-state index contributed by atoms with van der Waals surface area (Å²) >= 11 is 0. The first-order chi connectivity index (χ1) is 12.1. The quantitative estimate of drug-likeness (QED) is 0.853. The molecule has 138 valence electrons. The number of aryl methyl sites for hydroxylation is 1. The summed E-state index contributed by atoms with van der Waals surface area (Å²) in [5, 5.41) is 3.03. The van der Waals surface area contributed by atoms with E-state index in [0.717, 1.165) is 74.3 Å². The highest BCUT2D eigenvalue weighted by Crippen LogP contribution is 2.29. The van der Waals surface area contributed by atoms with Gasteiger partial charge in [0.1, 0.15) is 11.6 Å². The van der Waals surface area contributed by atoms with E-state index in [1.165, 1.54) is 12.8 Å². The van der Waals surface area contributed by atoms with E-state index >= 15 is 0 Å². The fourth-order valence-corrected chi connectivity index (χ4v) is 3.66. The smallest absolute Gasteiger partial charge is 0.317 e. The maximum Gasteiger partial charge on any atom is 0.317 e. The monoisotopic (exact) mass is 345 g/mol. The molecule has 1 fully saturated rings. The number of anilines is 1. The van der Waals surface area contributed by atoms with E-state index in [-0.39, 0.29) is 6.03 Å². The highest BCUT2D eigenvalue weighted by atomic mass is 16.2. The minimum Gasteiger partial charge on any atom is -0.356 e. The van der Waals surface area contributed by atoms with Crippen molar-refractivity contribution in [3.8, 4) is 0 Å². The van der Waals surface area contributed by atoms with Crippen LogP contribution in [0.5, 0.6) is 0 Å². The first kappa shape index (κ1) is 18.0. The van der Waals surface area contributed by atoms with Crippen molar-refractivity contribution < 1.29 is 4.79 Å². The molecule has 1 N–H and O–H groups in total. The Hall–Kier alpha value is -1.85. The van der Waals surface area contributed by atoms with Crippen LogP contribution in [-0.4, -0.2) is 47.1 Å². The zero-order valence-electron chi connectivity index (χ0n) is 15.8. The molecule has 1 aromatic rings. The number of hydrogen-bond acceptors (Lipinski definition) is 4. The number of carbonyl (C=O) groups is 1. The van der Waals surface area contributed by atoms with Gasteiger partial charge in [0.15, 0.2) is 0 Å². The molecule has 1 saturated heterocycles. The lowest BCUT2D eigenvalue weighted by molar-refractivity contribution is 0.191. The molecule has 25 heavy (non-hydrogen) atoms. The van der Waals surface area contributed by atoms with Gasteiger partial charge in [-0.1, -0.05) is 20.3 Å². The number of aromatic nitrogens is 2. The molecule has 0 saturated carbocycles. The average molecular weight is 345 g/mol. The third kappa shape index (κ3) is 4.22. The Balaban J connectivity index is 1.76. The fraction of sp³-hybridized carbons (Fsp3) is 0.737. The zero-order chi connectivity index (χ0) is 17.8. The first-order valence-electron chi connectivity index (χ1n) is 9.72. The van der Waals surface area contributed by atoms with Gasteiger partial charge in [-0.3, -0.25) is 0 Å². The molecule has 0 bridgehead atoms. The molecule has 3 heterocycles. The van der Waals surface area contributed by atoms with Crippen LogP contribution in [0.1, 0.15) is 56.6 Å². The second-order valence-electron chi connectivity index (χ2n) is 7.45. The van der Waals surface area contributed by atoms with E-state index in [1.54, 1.807) is 0 Å². The second kappa shape index (κ2) is 8.02. The lowest BCUT2D eigenvalue weighted by atomic mass is 9.98. The van der Waals surface area contributed by atoms with Crippen molar-refractivity contribution in [1.29, 1.82) is 0 Å². The summed E-state index contributed by atoms with van der Waals surface area (Å²) in [7, 11) is 0. The number of piperidine rings is 1. The van der Waals surface area contributed by atoms with Crippen molar-refractivity contribution in [2.75, 3.05) is 31.1 Å². The molecule has 2 amide bonds. The van der Waals surface area contributed by atoms with Crippen LogP contribution in [0.3, 0.4) is 0 Å². The third-order valence-electron chi connectivity index (χ3n) is 5.33. The minimum atomic E-state index is 0.0397. The number of nitrogens with one attached hydrogen (secondary N) is 1. The van der Waals surface area contributed by atoms with Crippen LogP contribution in [0.15, 0.2) is 0 Å². The number of urea groups is 1. The van der Waals surface area contributed by atoms with E-state index in [2.05, 4.69) is 29.0 Å². The number of carbonyl (C=O) groups excluding carboxylic acids is 1. The Kier molecular flexibility index (Phi) is 5.76. The number of rotatable bonds is 4. The Labute approximate surface area is 151 Å². The highest BCUT2D eigenvalue weighted by Gasteiger charge is 2.28. The normalized spacial score (nSPS) is 18.2. The fourth-order valence-electron chi connectivity index (χ4n) is 3.66. The molecule has 0 unspecified atom stereocenters. The van der Waals surface area contributed by atoms with Crippen molar-refractivity contribution in [2.24, 2.45) is 5.92 Å². The second-order valence-corrected chi connectivity index (χ2v) is 7.45. The van der Waals surface area contributed by atoms with E-state index in [9.17, 15) is 4.79 Å². The van der Waals surface area contributed by atoms with Gasteiger partial charge in [-0.15, -0.1) is 0 Å². The van der Waals surface area contributed by atoms with Crippen LogP contribution in [0.2, 0.25) is 0 Å². The van der Waals surface area contributed by atoms with Gasteiger partial charge in [-0.2, -0.15) is 0 Å². The number of unbranched alkanes of at least 4 members (excludes halogenated alkanes) is 1. The summed E-state index contributed by atoms with van der Waals surface area (Å²) in [5.74, 6) is 2.68. The first-order valence-corrected chi connectivity index (χ1v) is 9.72. The number of fused-ring (bicyclic) bond motifs is 1. The topological polar surface area (TPSA) is 61.4 Å². The predicted octanol–water partition coefficient (Wildman–Crippen LogP) is 2.89. The predicted molar refractivity (Wildman–Crippen MR) is 99.8 cm³/mol. The van der Waals surface area contributed by atoms with E-state index in [0.29, 0.717) is 6.54 Å². The molecule has 0 radical (unpaired) electrons. The third-order valence-corrected chi connectivity index (χ3v) is 5.33. The van der Waals surface area contributed by atoms with Gasteiger partial charge in [-0.25, -0.2) is 14.8 Å². The summed E-state index contributed by atoms with van der Waals surface area (Å²) in [6.07, 6.45) is 5.35. The lowest BCUT2D eigenvalue weighted by Crippen LogP contribution is -2.44. The summed E-state index contributed by atoms with van der Waals surface area (Å²) < 4.78 is 0. The largest absolute Gasteiger partial charge is 0.356 e. The van der Waals surface area contributed by atoms with E-state index in [4.69, 9.17) is 4.98 Å². The summed E-state index contributed by atoms with van der Waals surface area (Å²) in [5.41, 5.74) is 2.27. The maximum atomic E-state index is 12.4. The van der Waals surface area contributed by atoms with Crippen LogP contribution < -0.4 is 10.2 Å². The Bertz CT molecular complexity index is 610. The van der Waals surface area contributed by atoms with Gasteiger partial charge in [0.2, 0.25) is 0 Å². The SMILES string of the molecule is CCCCNC(=O)N1CCc2nc(C)nc(N3CCC(C)CC3)c2C1. The zero-order valence-corrected chi connectivity index (χ0v) is 15.8. The van der Waals surface area contributed by atoms with E-state index < -0.39 is 0 Å². The summed E-state index contributed by atoms with van der Waals surface area (Å²) in [4.78, 5) is 26.2. The van der Waals surface area contributed by atoms with Crippen molar-refractivity contribution in [3.05, 3.63) is 17.1 Å². The summed E-state index contributed by atoms with van der Waals surface area (Å²) in [6, 6.07) is 0.0397. The maximum absolute atomic E-state index is 12.4. The Morgan fingerprint density at radius 2 is 2.00 bits per heavy atom. The molecule has 0 aromatic carbocycles. The molecular formula is C19H31N5O. The van der Waals surface area contributed by atoms with Crippen LogP contribution >= 0.6 is 0 Å². The minimum absolute atomic E-state index is 0.0397. The molecule has 6 nitrogen and oxygen atoms in total. The Morgan fingerprint density at radius 3 is 2.72 bits per heavy atom. The molecule has 0 spiro atoms. The van der Waals surface area contributed by atoms with Gasteiger partial charge in [0.05, 0.1) is 12.2 Å². The molecule has 1 aromatic heterocycles. The highest BCUT2D eigenvalue weighted by molar-refractivity contribution is 5.75. The lowest BCUT2D eigenvalue weighted by Gasteiger charge is -2.36. The van der Waals surface area contributed by atoms with Gasteiger partial charge >= 0.3 is 6.03 Å². The summed E-state index contributed by atoms with van der Waals surface area (Å²) in [6.45, 7) is 10.6. The standard InChI is InChI=1S/C19H31N5O/c1-4-5-9-20-19(25)24-12-8-17-16(13-24)18(22-15(3)21-17)23-10-6-14(2)7-11-23/h14H,4-13H2,1-3H3,(H,20,25). The molecule has 2 aliphatic rings. The molecule has 3 rings (SSSR count). The number of hydrogen-bond donors (Lipinski definition) is 1. The van der Waals surface area contributed by atoms with Crippen LogP contribution in [0.25, 0.3) is 0 Å². The van der Waals surface area contributed by atoms with Crippen molar-refractivity contribution in [3.63, 3.8) is 0 Å². The average Bonchev–Trinajstić information content (AvgIpc) is 2.61. The van der Waals surface area contributed by atoms with Gasteiger partial charge in [0.25, 0.3) is 0 Å². The van der Waals surface area contributed by atoms with Gasteiger partial charge in [0, 0.05) is 38.2 Å². The molecule has 0 aliphatic carbocycles. The Morgan fingerprint density at radius 1 is 1.24 bits per heavy atom. The molecule has 2 aliphatic heterocycles. The molecular weight excluding hydrogens is 314 g/mol. The van der Waals surface area contributed by atoms with Crippen molar-refractivity contribution >= 4 is 11.8 Å². The van der Waals surface area contributed by atoms with Gasteiger partial charge in [-0.05, 0) is 32.1 Å². The van der Waals surface area contributed by atoms with E-state index in [1.807, 2.05) is 11.8 Å².